The van der Waals surface area contributed by atoms with Crippen molar-refractivity contribution in [3.8, 4) is 11.5 Å². The molecule has 0 fully saturated rings. The van der Waals surface area contributed by atoms with E-state index in [1.165, 1.54) is 6.07 Å². The van der Waals surface area contributed by atoms with Crippen molar-refractivity contribution in [2.75, 3.05) is 19.5 Å². The summed E-state index contributed by atoms with van der Waals surface area (Å²) in [6.07, 6.45) is 2.23. The predicted octanol–water partition coefficient (Wildman–Crippen LogP) is 5.44. The van der Waals surface area contributed by atoms with Crippen molar-refractivity contribution in [1.82, 2.24) is 10.3 Å². The highest BCUT2D eigenvalue weighted by atomic mass is 19.2. The number of aromatic nitrogens is 1. The van der Waals surface area contributed by atoms with Crippen molar-refractivity contribution in [2.24, 2.45) is 0 Å². The number of methoxy groups -OCH3 is 1. The first kappa shape index (κ1) is 30.0. The van der Waals surface area contributed by atoms with Crippen LogP contribution in [0.2, 0.25) is 0 Å². The van der Waals surface area contributed by atoms with Gasteiger partial charge in [-0.2, -0.15) is 0 Å². The highest BCUT2D eigenvalue weighted by molar-refractivity contribution is 5.92. The van der Waals surface area contributed by atoms with Gasteiger partial charge in [0.15, 0.2) is 17.4 Å². The van der Waals surface area contributed by atoms with E-state index in [1.807, 2.05) is 24.3 Å². The molecule has 0 aliphatic rings. The average Bonchev–Trinajstić information content (AvgIpc) is 2.94. The molecule has 9 heteroatoms. The molecule has 0 aliphatic carbocycles. The van der Waals surface area contributed by atoms with Gasteiger partial charge in [-0.3, -0.25) is 9.59 Å². The summed E-state index contributed by atoms with van der Waals surface area (Å²) in [5.74, 6) is -0.914. The summed E-state index contributed by atoms with van der Waals surface area (Å²) in [6.45, 7) is 0.0966. The fourth-order valence-corrected chi connectivity index (χ4v) is 4.20. The van der Waals surface area contributed by atoms with E-state index in [0.29, 0.717) is 29.3 Å². The fourth-order valence-electron chi connectivity index (χ4n) is 4.20. The van der Waals surface area contributed by atoms with Crippen LogP contribution in [0.5, 0.6) is 11.5 Å². The molecule has 4 aromatic rings. The number of Topliss-reactive ketones (excluding diaryl/α,β-unsaturated/α-hetero) is 1. The number of nitrogens with one attached hydrogen (secondary N) is 1. The molecule has 0 aliphatic heterocycles. The van der Waals surface area contributed by atoms with Crippen LogP contribution in [-0.2, 0) is 22.4 Å². The van der Waals surface area contributed by atoms with Gasteiger partial charge in [-0.05, 0) is 71.8 Å². The number of rotatable bonds is 12. The average molecular weight is 550 g/mol. The summed E-state index contributed by atoms with van der Waals surface area (Å²) in [5.41, 5.74) is 7.24. The maximum atomic E-state index is 13.8. The Bertz CT molecular complexity index is 1460. The van der Waals surface area contributed by atoms with Gasteiger partial charge in [0.25, 0.3) is 0 Å². The molecule has 1 amide bonds. The number of amides is 1. The van der Waals surface area contributed by atoms with E-state index in [-0.39, 0.29) is 39.1 Å². The zero-order valence-electron chi connectivity index (χ0n) is 21.5. The molecule has 1 atom stereocenters. The summed E-state index contributed by atoms with van der Waals surface area (Å²) in [6, 6.07) is 17.0. The normalized spacial score (nSPS) is 11.4. The highest BCUT2D eigenvalue weighted by Crippen LogP contribution is 2.21. The number of halogens is 2. The molecule has 210 valence electrons. The quantitative estimate of drug-likeness (QED) is 0.244. The van der Waals surface area contributed by atoms with Crippen LogP contribution in [-0.4, -0.2) is 36.4 Å². The molecule has 0 unspecified atom stereocenters. The number of fused-ring (bicyclic) bond motifs is 1. The van der Waals surface area contributed by atoms with Gasteiger partial charge >= 0.3 is 0 Å². The number of carbonyl (C=O) groups is 2. The number of aryl methyl sites for hydroxylation is 1. The minimum absolute atomic E-state index is 0. The van der Waals surface area contributed by atoms with Crippen molar-refractivity contribution in [1.29, 1.82) is 0 Å². The lowest BCUT2D eigenvalue weighted by Crippen LogP contribution is -2.43. The number of nitrogens with zero attached hydrogens (tertiary/aromatic N) is 1. The Hall–Kier alpha value is -4.53. The SMILES string of the molecule is C.COc1ccc(OCCC(=O)N[C@@H](Cc2ccc(F)c(F)c2)C(=O)CCc2ccc3c(N)nccc3c2)cc1. The lowest BCUT2D eigenvalue weighted by atomic mass is 9.96. The molecule has 1 aromatic heterocycles. The summed E-state index contributed by atoms with van der Waals surface area (Å²) < 4.78 is 38.0. The summed E-state index contributed by atoms with van der Waals surface area (Å²) in [5, 5.41) is 4.49. The number of benzene rings is 3. The van der Waals surface area contributed by atoms with Crippen LogP contribution < -0.4 is 20.5 Å². The molecule has 0 spiro atoms. The molecule has 40 heavy (non-hydrogen) atoms. The lowest BCUT2D eigenvalue weighted by Gasteiger charge is -2.18. The number of hydrogen-bond acceptors (Lipinski definition) is 6. The smallest absolute Gasteiger partial charge is 0.224 e. The largest absolute Gasteiger partial charge is 0.497 e. The van der Waals surface area contributed by atoms with Crippen molar-refractivity contribution in [2.45, 2.75) is 39.2 Å². The topological polar surface area (TPSA) is 104 Å². The second-order valence-electron chi connectivity index (χ2n) is 9.06. The summed E-state index contributed by atoms with van der Waals surface area (Å²) in [7, 11) is 1.56. The van der Waals surface area contributed by atoms with E-state index in [1.54, 1.807) is 37.6 Å². The van der Waals surface area contributed by atoms with Gasteiger partial charge in [-0.25, -0.2) is 13.8 Å². The van der Waals surface area contributed by atoms with E-state index in [4.69, 9.17) is 15.2 Å². The van der Waals surface area contributed by atoms with Gasteiger partial charge in [-0.15, -0.1) is 0 Å². The van der Waals surface area contributed by atoms with Crippen molar-refractivity contribution >= 4 is 28.3 Å². The van der Waals surface area contributed by atoms with Crippen LogP contribution in [0, 0.1) is 11.6 Å². The highest BCUT2D eigenvalue weighted by Gasteiger charge is 2.22. The molecule has 0 radical (unpaired) electrons. The van der Waals surface area contributed by atoms with Crippen molar-refractivity contribution in [3.05, 3.63) is 95.7 Å². The first-order chi connectivity index (χ1) is 18.8. The number of ketones is 1. The molecule has 7 nitrogen and oxygen atoms in total. The Balaban J connectivity index is 0.00000441. The number of nitrogens with two attached hydrogens (primary N) is 1. The number of carbonyl (C=O) groups excluding carboxylic acids is 2. The van der Waals surface area contributed by atoms with Gasteiger partial charge in [-0.1, -0.05) is 31.7 Å². The zero-order chi connectivity index (χ0) is 27.8. The summed E-state index contributed by atoms with van der Waals surface area (Å²) in [4.78, 5) is 30.0. The molecule has 0 bridgehead atoms. The second-order valence-corrected chi connectivity index (χ2v) is 9.06. The van der Waals surface area contributed by atoms with Crippen LogP contribution >= 0.6 is 0 Å². The first-order valence-corrected chi connectivity index (χ1v) is 12.5. The minimum atomic E-state index is -1.01. The second kappa shape index (κ2) is 14.0. The number of hydrogen-bond donors (Lipinski definition) is 2. The van der Waals surface area contributed by atoms with Crippen molar-refractivity contribution in [3.63, 3.8) is 0 Å². The number of anilines is 1. The monoisotopic (exact) mass is 549 g/mol. The third-order valence-corrected chi connectivity index (χ3v) is 6.32. The van der Waals surface area contributed by atoms with Crippen LogP contribution in [0.1, 0.15) is 31.4 Å². The zero-order valence-corrected chi connectivity index (χ0v) is 21.5. The molecule has 0 saturated carbocycles. The van der Waals surface area contributed by atoms with Crippen LogP contribution in [0.3, 0.4) is 0 Å². The maximum absolute atomic E-state index is 13.8. The first-order valence-electron chi connectivity index (χ1n) is 12.5. The molecule has 0 saturated heterocycles. The maximum Gasteiger partial charge on any atom is 0.224 e. The van der Waals surface area contributed by atoms with Crippen LogP contribution in [0.25, 0.3) is 10.8 Å². The van der Waals surface area contributed by atoms with Crippen molar-refractivity contribution < 1.29 is 27.8 Å². The number of nitrogen functional groups attached to an aromatic ring is 1. The Morgan fingerprint density at radius 3 is 2.38 bits per heavy atom. The minimum Gasteiger partial charge on any atom is -0.497 e. The van der Waals surface area contributed by atoms with Crippen LogP contribution in [0.15, 0.2) is 72.9 Å². The van der Waals surface area contributed by atoms with E-state index in [9.17, 15) is 18.4 Å². The third kappa shape index (κ3) is 7.99. The number of ether oxygens (including phenoxy) is 2. The summed E-state index contributed by atoms with van der Waals surface area (Å²) >= 11 is 0. The molecule has 4 rings (SSSR count). The van der Waals surface area contributed by atoms with Gasteiger partial charge in [0.05, 0.1) is 26.2 Å². The third-order valence-electron chi connectivity index (χ3n) is 6.32. The lowest BCUT2D eigenvalue weighted by molar-refractivity contribution is -0.128. The molecular weight excluding hydrogens is 516 g/mol. The van der Waals surface area contributed by atoms with Gasteiger partial charge in [0.1, 0.15) is 17.3 Å². The van der Waals surface area contributed by atoms with E-state index in [0.717, 1.165) is 28.5 Å². The number of pyridine rings is 1. The Morgan fingerprint density at radius 2 is 1.65 bits per heavy atom. The molecular formula is C31H33F2N3O4. The standard InChI is InChI=1S/C30H29F2N3O4.CH4/c1-38-22-5-7-23(8-6-22)39-15-13-29(37)35-27(18-20-3-10-25(31)26(32)17-20)28(36)11-4-19-2-9-24-21(16-19)12-14-34-30(24)33;/h2-3,5-10,12,14,16-17,27H,4,11,13,15,18H2,1H3,(H2,33,34)(H,35,37);1H4/t27-;/m0./s1. The molecule has 3 N–H and O–H groups in total. The van der Waals surface area contributed by atoms with E-state index < -0.39 is 23.6 Å². The molecule has 1 heterocycles. The van der Waals surface area contributed by atoms with E-state index in [2.05, 4.69) is 10.3 Å². The predicted molar refractivity (Wildman–Crippen MR) is 151 cm³/mol. The molecule has 3 aromatic carbocycles. The van der Waals surface area contributed by atoms with Gasteiger partial charge in [0.2, 0.25) is 5.91 Å². The Morgan fingerprint density at radius 1 is 0.925 bits per heavy atom. The Labute approximate surface area is 232 Å². The van der Waals surface area contributed by atoms with Crippen LogP contribution in [0.4, 0.5) is 14.6 Å². The fraction of sp³-hybridized carbons (Fsp3) is 0.258. The van der Waals surface area contributed by atoms with Gasteiger partial charge in [0, 0.05) is 18.0 Å². The van der Waals surface area contributed by atoms with Gasteiger partial charge < -0.3 is 20.5 Å². The van der Waals surface area contributed by atoms with E-state index >= 15 is 0 Å². The Kier molecular flexibility index (Phi) is 10.5.